The second-order valence-corrected chi connectivity index (χ2v) is 8.02. The quantitative estimate of drug-likeness (QED) is 0.702. The topological polar surface area (TPSA) is 71.2 Å². The fraction of sp³-hybridized carbons (Fsp3) is 0.250. The molecule has 3 aromatic rings. The summed E-state index contributed by atoms with van der Waals surface area (Å²) in [4.78, 5) is 18.7. The number of nitrogens with zero attached hydrogens (tertiary/aromatic N) is 2. The van der Waals surface area contributed by atoms with E-state index < -0.39 is 0 Å². The Morgan fingerprint density at radius 2 is 1.76 bits per heavy atom. The molecule has 5 heteroatoms. The highest BCUT2D eigenvalue weighted by atomic mass is 16.2. The Hall–Kier alpha value is -3.18. The summed E-state index contributed by atoms with van der Waals surface area (Å²) in [7, 11) is 1.78. The minimum Gasteiger partial charge on any atom is -0.332 e. The standard InChI is InChI=1S/C24H24N4O/c1-28-21-14-19(16-6-3-2-4-7-16)22(27-20(21)15-26-23(28)29)17-8-10-18(11-9-17)24(25)12-5-13-24/h2-4,6-11,14H,5,12-13,15,25H2,1H3,(H,26,29). The summed E-state index contributed by atoms with van der Waals surface area (Å²) in [6, 6.07) is 20.7. The van der Waals surface area contributed by atoms with E-state index in [2.05, 4.69) is 47.8 Å². The molecule has 29 heavy (non-hydrogen) atoms. The Kier molecular flexibility index (Phi) is 4.14. The van der Waals surface area contributed by atoms with Crippen molar-refractivity contribution in [2.75, 3.05) is 11.9 Å². The molecule has 1 aromatic heterocycles. The summed E-state index contributed by atoms with van der Waals surface area (Å²) in [5.74, 6) is 0. The van der Waals surface area contributed by atoms with Crippen LogP contribution in [0, 0.1) is 0 Å². The maximum Gasteiger partial charge on any atom is 0.321 e. The van der Waals surface area contributed by atoms with Crippen LogP contribution in [0.5, 0.6) is 0 Å². The number of aromatic nitrogens is 1. The summed E-state index contributed by atoms with van der Waals surface area (Å²) in [6.45, 7) is 0.435. The van der Waals surface area contributed by atoms with Crippen LogP contribution in [0.25, 0.3) is 22.4 Å². The molecule has 2 heterocycles. The van der Waals surface area contributed by atoms with Gasteiger partial charge in [0.2, 0.25) is 0 Å². The molecule has 146 valence electrons. The molecule has 1 fully saturated rings. The van der Waals surface area contributed by atoms with Crippen molar-refractivity contribution in [2.45, 2.75) is 31.3 Å². The highest BCUT2D eigenvalue weighted by Gasteiger charge is 2.34. The molecule has 5 nitrogen and oxygen atoms in total. The number of rotatable bonds is 3. The van der Waals surface area contributed by atoms with Gasteiger partial charge in [-0.25, -0.2) is 9.78 Å². The first-order valence-corrected chi connectivity index (χ1v) is 10.1. The van der Waals surface area contributed by atoms with E-state index in [1.54, 1.807) is 11.9 Å². The van der Waals surface area contributed by atoms with Crippen LogP contribution < -0.4 is 16.0 Å². The van der Waals surface area contributed by atoms with Crippen LogP contribution in [-0.4, -0.2) is 18.1 Å². The van der Waals surface area contributed by atoms with Crippen molar-refractivity contribution in [3.63, 3.8) is 0 Å². The van der Waals surface area contributed by atoms with Gasteiger partial charge >= 0.3 is 6.03 Å². The van der Waals surface area contributed by atoms with Crippen molar-refractivity contribution in [1.82, 2.24) is 10.3 Å². The molecule has 0 unspecified atom stereocenters. The van der Waals surface area contributed by atoms with Gasteiger partial charge in [0.25, 0.3) is 0 Å². The molecule has 2 amide bonds. The number of hydrogen-bond acceptors (Lipinski definition) is 3. The lowest BCUT2D eigenvalue weighted by Crippen LogP contribution is -2.43. The van der Waals surface area contributed by atoms with E-state index in [1.807, 2.05) is 18.2 Å². The van der Waals surface area contributed by atoms with E-state index in [0.29, 0.717) is 6.54 Å². The minimum atomic E-state index is -0.170. The van der Waals surface area contributed by atoms with Gasteiger partial charge in [0.15, 0.2) is 0 Å². The molecular formula is C24H24N4O. The SMILES string of the molecule is CN1C(=O)NCc2nc(-c3ccc(C4(N)CCC4)cc3)c(-c3ccccc3)cc21. The second kappa shape index (κ2) is 6.71. The van der Waals surface area contributed by atoms with Crippen LogP contribution in [0.1, 0.15) is 30.5 Å². The third-order valence-corrected chi connectivity index (χ3v) is 6.22. The van der Waals surface area contributed by atoms with E-state index in [1.165, 1.54) is 12.0 Å². The minimum absolute atomic E-state index is 0.107. The lowest BCUT2D eigenvalue weighted by molar-refractivity contribution is 0.245. The van der Waals surface area contributed by atoms with Crippen LogP contribution in [-0.2, 0) is 12.1 Å². The zero-order chi connectivity index (χ0) is 20.0. The molecule has 1 aliphatic carbocycles. The number of hydrogen-bond donors (Lipinski definition) is 2. The molecule has 0 atom stereocenters. The first kappa shape index (κ1) is 17.9. The molecule has 5 rings (SSSR count). The molecule has 3 N–H and O–H groups in total. The van der Waals surface area contributed by atoms with Crippen molar-refractivity contribution in [3.05, 3.63) is 71.9 Å². The largest absolute Gasteiger partial charge is 0.332 e. The second-order valence-electron chi connectivity index (χ2n) is 8.02. The first-order chi connectivity index (χ1) is 14.0. The molecule has 2 aliphatic rings. The lowest BCUT2D eigenvalue weighted by atomic mass is 9.72. The summed E-state index contributed by atoms with van der Waals surface area (Å²) < 4.78 is 0. The van der Waals surface area contributed by atoms with E-state index in [4.69, 9.17) is 10.7 Å². The molecule has 0 bridgehead atoms. The number of benzene rings is 2. The monoisotopic (exact) mass is 384 g/mol. The van der Waals surface area contributed by atoms with Gasteiger partial charge in [-0.05, 0) is 36.5 Å². The van der Waals surface area contributed by atoms with Crippen molar-refractivity contribution in [3.8, 4) is 22.4 Å². The Labute approximate surface area is 170 Å². The number of nitrogens with two attached hydrogens (primary N) is 1. The average molecular weight is 384 g/mol. The van der Waals surface area contributed by atoms with Crippen molar-refractivity contribution >= 4 is 11.7 Å². The summed E-state index contributed by atoms with van der Waals surface area (Å²) in [6.07, 6.45) is 3.29. The van der Waals surface area contributed by atoms with E-state index in [9.17, 15) is 4.79 Å². The van der Waals surface area contributed by atoms with Crippen molar-refractivity contribution in [1.29, 1.82) is 0 Å². The molecule has 0 radical (unpaired) electrons. The Morgan fingerprint density at radius 1 is 1.03 bits per heavy atom. The Bertz CT molecular complexity index is 1070. The maximum absolute atomic E-state index is 12.1. The number of urea groups is 1. The maximum atomic E-state index is 12.1. The van der Waals surface area contributed by atoms with Gasteiger partial charge in [-0.2, -0.15) is 0 Å². The number of pyridine rings is 1. The van der Waals surface area contributed by atoms with E-state index in [0.717, 1.165) is 46.6 Å². The number of fused-ring (bicyclic) bond motifs is 1. The van der Waals surface area contributed by atoms with Crippen LogP contribution in [0.3, 0.4) is 0 Å². The van der Waals surface area contributed by atoms with Crippen molar-refractivity contribution < 1.29 is 4.79 Å². The fourth-order valence-corrected chi connectivity index (χ4v) is 4.21. The first-order valence-electron chi connectivity index (χ1n) is 10.1. The van der Waals surface area contributed by atoms with Gasteiger partial charge in [-0.15, -0.1) is 0 Å². The van der Waals surface area contributed by atoms with Crippen molar-refractivity contribution in [2.24, 2.45) is 5.73 Å². The number of amides is 2. The van der Waals surface area contributed by atoms with Crippen LogP contribution in [0.15, 0.2) is 60.7 Å². The molecule has 0 spiro atoms. The fourth-order valence-electron chi connectivity index (χ4n) is 4.21. The normalized spacial score (nSPS) is 17.3. The highest BCUT2D eigenvalue weighted by molar-refractivity contribution is 5.96. The number of carbonyl (C=O) groups excluding carboxylic acids is 1. The van der Waals surface area contributed by atoms with Gasteiger partial charge in [-0.3, -0.25) is 4.90 Å². The van der Waals surface area contributed by atoms with E-state index in [-0.39, 0.29) is 11.6 Å². The third-order valence-electron chi connectivity index (χ3n) is 6.22. The molecule has 1 aliphatic heterocycles. The number of carbonyl (C=O) groups is 1. The van der Waals surface area contributed by atoms with Crippen LogP contribution in [0.2, 0.25) is 0 Å². The zero-order valence-corrected chi connectivity index (χ0v) is 16.5. The predicted molar refractivity (Wildman–Crippen MR) is 115 cm³/mol. The summed E-state index contributed by atoms with van der Waals surface area (Å²) in [5, 5.41) is 2.88. The number of anilines is 1. The zero-order valence-electron chi connectivity index (χ0n) is 16.5. The summed E-state index contributed by atoms with van der Waals surface area (Å²) in [5.41, 5.74) is 13.3. The third kappa shape index (κ3) is 2.98. The Balaban J connectivity index is 1.64. The highest BCUT2D eigenvalue weighted by Crippen LogP contribution is 2.40. The van der Waals surface area contributed by atoms with E-state index >= 15 is 0 Å². The molecule has 0 saturated heterocycles. The predicted octanol–water partition coefficient (Wildman–Crippen LogP) is 4.41. The molecule has 1 saturated carbocycles. The van der Waals surface area contributed by atoms with Gasteiger partial charge in [0, 0.05) is 23.7 Å². The smallest absolute Gasteiger partial charge is 0.321 e. The summed E-state index contributed by atoms with van der Waals surface area (Å²) >= 11 is 0. The Morgan fingerprint density at radius 3 is 2.41 bits per heavy atom. The van der Waals surface area contributed by atoms with Gasteiger partial charge < -0.3 is 11.1 Å². The molecular weight excluding hydrogens is 360 g/mol. The van der Waals surface area contributed by atoms with Crippen LogP contribution >= 0.6 is 0 Å². The van der Waals surface area contributed by atoms with Gasteiger partial charge in [0.05, 0.1) is 23.6 Å². The number of nitrogens with one attached hydrogen (secondary N) is 1. The molecule has 2 aromatic carbocycles. The average Bonchev–Trinajstić information content (AvgIpc) is 2.75. The van der Waals surface area contributed by atoms with Gasteiger partial charge in [-0.1, -0.05) is 54.6 Å². The lowest BCUT2D eigenvalue weighted by Gasteiger charge is -2.38. The van der Waals surface area contributed by atoms with Crippen LogP contribution in [0.4, 0.5) is 10.5 Å². The van der Waals surface area contributed by atoms with Gasteiger partial charge in [0.1, 0.15) is 0 Å².